The molecule has 0 fully saturated rings. The molecule has 0 bridgehead atoms. The number of ether oxygens (including phenoxy) is 1. The molecule has 1 aromatic carbocycles. The van der Waals surface area contributed by atoms with Crippen molar-refractivity contribution in [2.75, 3.05) is 0 Å². The SMILES string of the molecule is Cc1cc(C)cc(OC(N)=O)c1. The molecule has 1 rings (SSSR count). The fourth-order valence-electron chi connectivity index (χ4n) is 1.11. The Balaban J connectivity index is 2.93. The molecule has 3 heteroatoms. The van der Waals surface area contributed by atoms with Crippen LogP contribution in [-0.2, 0) is 0 Å². The predicted octanol–water partition coefficient (Wildman–Crippen LogP) is 1.76. The summed E-state index contributed by atoms with van der Waals surface area (Å²) in [6.45, 7) is 3.86. The number of carbonyl (C=O) groups is 1. The summed E-state index contributed by atoms with van der Waals surface area (Å²) in [6, 6.07) is 5.52. The third kappa shape index (κ3) is 2.27. The summed E-state index contributed by atoms with van der Waals surface area (Å²) in [5.41, 5.74) is 6.96. The van der Waals surface area contributed by atoms with Gasteiger partial charge in [0.15, 0.2) is 0 Å². The Bertz CT molecular complexity index is 287. The first-order valence-corrected chi connectivity index (χ1v) is 3.63. The summed E-state index contributed by atoms with van der Waals surface area (Å²) in [5.74, 6) is 0.500. The van der Waals surface area contributed by atoms with Crippen molar-refractivity contribution in [2.45, 2.75) is 13.8 Å². The maximum Gasteiger partial charge on any atom is 0.409 e. The summed E-state index contributed by atoms with van der Waals surface area (Å²) >= 11 is 0. The molecule has 0 aliphatic carbocycles. The highest BCUT2D eigenvalue weighted by Crippen LogP contribution is 2.15. The molecule has 0 aliphatic heterocycles. The summed E-state index contributed by atoms with van der Waals surface area (Å²) in [4.78, 5) is 10.4. The molecule has 3 nitrogen and oxygen atoms in total. The first-order chi connectivity index (χ1) is 5.58. The van der Waals surface area contributed by atoms with Crippen molar-refractivity contribution in [3.05, 3.63) is 29.3 Å². The Kier molecular flexibility index (Phi) is 2.33. The van der Waals surface area contributed by atoms with Crippen molar-refractivity contribution in [3.8, 4) is 5.75 Å². The second-order valence-electron chi connectivity index (χ2n) is 2.74. The van der Waals surface area contributed by atoms with Crippen molar-refractivity contribution in [1.29, 1.82) is 0 Å². The minimum absolute atomic E-state index is 0.500. The number of rotatable bonds is 1. The van der Waals surface area contributed by atoms with Crippen LogP contribution in [0.3, 0.4) is 0 Å². The number of hydrogen-bond donors (Lipinski definition) is 1. The van der Waals surface area contributed by atoms with Crippen LogP contribution in [0.1, 0.15) is 11.1 Å². The van der Waals surface area contributed by atoms with Crippen molar-refractivity contribution >= 4 is 6.09 Å². The molecule has 64 valence electrons. The fraction of sp³-hybridized carbons (Fsp3) is 0.222. The zero-order valence-electron chi connectivity index (χ0n) is 7.13. The lowest BCUT2D eigenvalue weighted by molar-refractivity contribution is 0.211. The Morgan fingerprint density at radius 3 is 2.17 bits per heavy atom. The van der Waals surface area contributed by atoms with E-state index in [9.17, 15) is 4.79 Å². The number of carbonyl (C=O) groups excluding carboxylic acids is 1. The van der Waals surface area contributed by atoms with Crippen LogP contribution in [0.15, 0.2) is 18.2 Å². The maximum absolute atomic E-state index is 10.4. The maximum atomic E-state index is 10.4. The Morgan fingerprint density at radius 1 is 1.25 bits per heavy atom. The quantitative estimate of drug-likeness (QED) is 0.689. The molecule has 0 heterocycles. The number of aryl methyl sites for hydroxylation is 2. The molecule has 1 aromatic rings. The van der Waals surface area contributed by atoms with Crippen LogP contribution in [0.2, 0.25) is 0 Å². The Morgan fingerprint density at radius 2 is 1.75 bits per heavy atom. The molecule has 0 radical (unpaired) electrons. The first-order valence-electron chi connectivity index (χ1n) is 3.63. The predicted molar refractivity (Wildman–Crippen MR) is 46.1 cm³/mol. The summed E-state index contributed by atoms with van der Waals surface area (Å²) in [7, 11) is 0. The average Bonchev–Trinajstić information content (AvgIpc) is 1.81. The fourth-order valence-corrected chi connectivity index (χ4v) is 1.11. The lowest BCUT2D eigenvalue weighted by atomic mass is 10.1. The first kappa shape index (κ1) is 8.59. The van der Waals surface area contributed by atoms with Gasteiger partial charge < -0.3 is 10.5 Å². The highest BCUT2D eigenvalue weighted by atomic mass is 16.5. The summed E-state index contributed by atoms with van der Waals surface area (Å²) in [5, 5.41) is 0. The van der Waals surface area contributed by atoms with Crippen LogP contribution in [-0.4, -0.2) is 6.09 Å². The number of benzene rings is 1. The smallest absolute Gasteiger partial charge is 0.409 e. The molecule has 0 saturated heterocycles. The van der Waals surface area contributed by atoms with Crippen molar-refractivity contribution in [1.82, 2.24) is 0 Å². The Hall–Kier alpha value is -1.51. The van der Waals surface area contributed by atoms with Gasteiger partial charge in [-0.2, -0.15) is 0 Å². The Labute approximate surface area is 71.1 Å². The van der Waals surface area contributed by atoms with Gasteiger partial charge in [0, 0.05) is 0 Å². The molecule has 0 aliphatic rings. The van der Waals surface area contributed by atoms with Gasteiger partial charge in [0.2, 0.25) is 0 Å². The van der Waals surface area contributed by atoms with E-state index in [0.717, 1.165) is 11.1 Å². The van der Waals surface area contributed by atoms with Crippen LogP contribution in [0.4, 0.5) is 4.79 Å². The molecule has 1 amide bonds. The summed E-state index contributed by atoms with van der Waals surface area (Å²) in [6.07, 6.45) is -0.778. The van der Waals surface area contributed by atoms with Crippen LogP contribution >= 0.6 is 0 Å². The molecular formula is C9H11NO2. The summed E-state index contributed by atoms with van der Waals surface area (Å²) < 4.78 is 4.71. The van der Waals surface area contributed by atoms with Gasteiger partial charge in [-0.25, -0.2) is 4.79 Å². The lowest BCUT2D eigenvalue weighted by Gasteiger charge is -2.02. The van der Waals surface area contributed by atoms with Gasteiger partial charge in [-0.15, -0.1) is 0 Å². The number of primary amides is 1. The zero-order chi connectivity index (χ0) is 9.14. The standard InChI is InChI=1S/C9H11NO2/c1-6-3-7(2)5-8(4-6)12-9(10)11/h3-5H,1-2H3,(H2,10,11). The number of amides is 1. The lowest BCUT2D eigenvalue weighted by Crippen LogP contribution is -2.16. The second kappa shape index (κ2) is 3.26. The van der Waals surface area contributed by atoms with Crippen LogP contribution in [0.25, 0.3) is 0 Å². The molecule has 0 atom stereocenters. The number of hydrogen-bond acceptors (Lipinski definition) is 2. The van der Waals surface area contributed by atoms with Gasteiger partial charge in [-0.1, -0.05) is 6.07 Å². The zero-order valence-corrected chi connectivity index (χ0v) is 7.13. The minimum Gasteiger partial charge on any atom is -0.410 e. The number of nitrogens with two attached hydrogens (primary N) is 1. The van der Waals surface area contributed by atoms with E-state index in [4.69, 9.17) is 10.5 Å². The molecule has 0 spiro atoms. The van der Waals surface area contributed by atoms with Crippen molar-refractivity contribution < 1.29 is 9.53 Å². The molecular weight excluding hydrogens is 154 g/mol. The molecule has 0 saturated carbocycles. The molecule has 0 unspecified atom stereocenters. The van der Waals surface area contributed by atoms with Gasteiger partial charge in [0.05, 0.1) is 0 Å². The van der Waals surface area contributed by atoms with E-state index >= 15 is 0 Å². The highest BCUT2D eigenvalue weighted by molar-refractivity contribution is 5.68. The normalized spacial score (nSPS) is 9.50. The second-order valence-corrected chi connectivity index (χ2v) is 2.74. The van der Waals surface area contributed by atoms with Crippen molar-refractivity contribution in [2.24, 2.45) is 5.73 Å². The van der Waals surface area contributed by atoms with Gasteiger partial charge in [0.1, 0.15) is 5.75 Å². The monoisotopic (exact) mass is 165 g/mol. The van der Waals surface area contributed by atoms with Gasteiger partial charge >= 0.3 is 6.09 Å². The third-order valence-electron chi connectivity index (χ3n) is 1.41. The van der Waals surface area contributed by atoms with E-state index in [1.54, 1.807) is 12.1 Å². The van der Waals surface area contributed by atoms with Gasteiger partial charge in [-0.05, 0) is 37.1 Å². The van der Waals surface area contributed by atoms with E-state index in [0.29, 0.717) is 5.75 Å². The van der Waals surface area contributed by atoms with E-state index in [1.807, 2.05) is 19.9 Å². The molecule has 0 aromatic heterocycles. The molecule has 2 N–H and O–H groups in total. The highest BCUT2D eigenvalue weighted by Gasteiger charge is 1.99. The van der Waals surface area contributed by atoms with Crippen molar-refractivity contribution in [3.63, 3.8) is 0 Å². The van der Waals surface area contributed by atoms with E-state index in [-0.39, 0.29) is 0 Å². The van der Waals surface area contributed by atoms with Crippen LogP contribution in [0, 0.1) is 13.8 Å². The molecule has 12 heavy (non-hydrogen) atoms. The third-order valence-corrected chi connectivity index (χ3v) is 1.41. The average molecular weight is 165 g/mol. The van der Waals surface area contributed by atoms with E-state index in [2.05, 4.69) is 0 Å². The van der Waals surface area contributed by atoms with Crippen LogP contribution < -0.4 is 10.5 Å². The van der Waals surface area contributed by atoms with Crippen LogP contribution in [0.5, 0.6) is 5.75 Å². The van der Waals surface area contributed by atoms with Gasteiger partial charge in [-0.3, -0.25) is 0 Å². The van der Waals surface area contributed by atoms with E-state index in [1.165, 1.54) is 0 Å². The van der Waals surface area contributed by atoms with E-state index < -0.39 is 6.09 Å². The minimum atomic E-state index is -0.778. The topological polar surface area (TPSA) is 52.3 Å². The largest absolute Gasteiger partial charge is 0.410 e. The van der Waals surface area contributed by atoms with Gasteiger partial charge in [0.25, 0.3) is 0 Å².